The van der Waals surface area contributed by atoms with Crippen molar-refractivity contribution >= 4 is 11.8 Å². The first-order valence-corrected chi connectivity index (χ1v) is 6.96. The first-order valence-electron chi connectivity index (χ1n) is 5.80. The van der Waals surface area contributed by atoms with Gasteiger partial charge in [0.15, 0.2) is 0 Å². The van der Waals surface area contributed by atoms with E-state index in [9.17, 15) is 0 Å². The van der Waals surface area contributed by atoms with Gasteiger partial charge in [-0.1, -0.05) is 34.6 Å². The molecule has 0 aromatic rings. The minimum absolute atomic E-state index is 0.441. The van der Waals surface area contributed by atoms with Crippen molar-refractivity contribution in [1.29, 1.82) is 0 Å². The molecule has 1 atom stereocenters. The summed E-state index contributed by atoms with van der Waals surface area (Å²) in [5.74, 6) is 3.36. The van der Waals surface area contributed by atoms with Gasteiger partial charge in [-0.2, -0.15) is 11.8 Å². The molecule has 0 heterocycles. The lowest BCUT2D eigenvalue weighted by Gasteiger charge is -2.31. The largest absolute Gasteiger partial charge is 0.317 e. The lowest BCUT2D eigenvalue weighted by Crippen LogP contribution is -2.32. The highest BCUT2D eigenvalue weighted by atomic mass is 32.2. The zero-order valence-electron chi connectivity index (χ0n) is 10.5. The Morgan fingerprint density at radius 2 is 1.86 bits per heavy atom. The van der Waals surface area contributed by atoms with Crippen molar-refractivity contribution in [3.63, 3.8) is 0 Å². The molecule has 0 bridgehead atoms. The van der Waals surface area contributed by atoms with Crippen LogP contribution in [-0.4, -0.2) is 24.6 Å². The van der Waals surface area contributed by atoms with Gasteiger partial charge in [0.2, 0.25) is 0 Å². The lowest BCUT2D eigenvalue weighted by molar-refractivity contribution is 0.228. The second kappa shape index (κ2) is 7.58. The Kier molecular flexibility index (Phi) is 7.75. The van der Waals surface area contributed by atoms with E-state index in [1.54, 1.807) is 0 Å². The maximum absolute atomic E-state index is 3.47. The highest BCUT2D eigenvalue weighted by molar-refractivity contribution is 7.99. The third-order valence-corrected chi connectivity index (χ3v) is 3.61. The van der Waals surface area contributed by atoms with Gasteiger partial charge in [-0.15, -0.1) is 0 Å². The predicted molar refractivity (Wildman–Crippen MR) is 69.1 cm³/mol. The molecule has 0 amide bonds. The Labute approximate surface area is 94.4 Å². The van der Waals surface area contributed by atoms with Crippen molar-refractivity contribution in [3.8, 4) is 0 Å². The van der Waals surface area contributed by atoms with Crippen molar-refractivity contribution in [2.24, 2.45) is 11.3 Å². The molecular weight excluding hydrogens is 190 g/mol. The van der Waals surface area contributed by atoms with Crippen LogP contribution in [0.3, 0.4) is 0 Å². The van der Waals surface area contributed by atoms with E-state index in [0.717, 1.165) is 12.5 Å². The summed E-state index contributed by atoms with van der Waals surface area (Å²) in [6, 6.07) is 0. The Morgan fingerprint density at radius 1 is 1.21 bits per heavy atom. The highest BCUT2D eigenvalue weighted by Gasteiger charge is 2.23. The second-order valence-corrected chi connectivity index (χ2v) is 6.25. The first kappa shape index (κ1) is 14.3. The average Bonchev–Trinajstić information content (AvgIpc) is 2.09. The summed E-state index contributed by atoms with van der Waals surface area (Å²) < 4.78 is 0. The van der Waals surface area contributed by atoms with Crippen LogP contribution in [0.15, 0.2) is 0 Å². The molecule has 0 fully saturated rings. The van der Waals surface area contributed by atoms with Crippen LogP contribution in [0.5, 0.6) is 0 Å². The van der Waals surface area contributed by atoms with Crippen LogP contribution in [0.2, 0.25) is 0 Å². The number of thioether (sulfide) groups is 1. The van der Waals surface area contributed by atoms with Crippen LogP contribution in [0, 0.1) is 11.3 Å². The monoisotopic (exact) mass is 217 g/mol. The van der Waals surface area contributed by atoms with E-state index >= 15 is 0 Å². The van der Waals surface area contributed by atoms with Gasteiger partial charge in [-0.05, 0) is 42.3 Å². The summed E-state index contributed by atoms with van der Waals surface area (Å²) in [7, 11) is 0. The Balaban J connectivity index is 3.85. The van der Waals surface area contributed by atoms with E-state index in [2.05, 4.69) is 51.7 Å². The molecule has 0 spiro atoms. The molecule has 0 aliphatic heterocycles. The van der Waals surface area contributed by atoms with Gasteiger partial charge in [0, 0.05) is 0 Å². The molecule has 0 aliphatic rings. The molecule has 0 aliphatic carbocycles. The van der Waals surface area contributed by atoms with Gasteiger partial charge >= 0.3 is 0 Å². The van der Waals surface area contributed by atoms with Gasteiger partial charge in [0.05, 0.1) is 0 Å². The maximum Gasteiger partial charge on any atom is -0.00153 e. The molecule has 0 aromatic heterocycles. The van der Waals surface area contributed by atoms with Gasteiger partial charge in [0.1, 0.15) is 0 Å². The van der Waals surface area contributed by atoms with E-state index in [4.69, 9.17) is 0 Å². The van der Waals surface area contributed by atoms with E-state index in [1.165, 1.54) is 24.5 Å². The third kappa shape index (κ3) is 6.72. The summed E-state index contributed by atoms with van der Waals surface area (Å²) >= 11 is 2.06. The van der Waals surface area contributed by atoms with Crippen molar-refractivity contribution < 1.29 is 0 Å². The summed E-state index contributed by atoms with van der Waals surface area (Å²) in [5, 5.41) is 3.47. The van der Waals surface area contributed by atoms with Gasteiger partial charge < -0.3 is 5.32 Å². The normalized spacial score (nSPS) is 14.4. The quantitative estimate of drug-likeness (QED) is 0.656. The van der Waals surface area contributed by atoms with Crippen molar-refractivity contribution in [2.45, 2.75) is 41.0 Å². The second-order valence-electron chi connectivity index (χ2n) is 4.86. The van der Waals surface area contributed by atoms with E-state index in [-0.39, 0.29) is 0 Å². The Hall–Kier alpha value is 0.310. The zero-order chi connectivity index (χ0) is 11.0. The Bertz CT molecular complexity index is 129. The van der Waals surface area contributed by atoms with Crippen LogP contribution < -0.4 is 5.32 Å². The van der Waals surface area contributed by atoms with E-state index in [0.29, 0.717) is 5.41 Å². The molecule has 0 aromatic carbocycles. The zero-order valence-corrected chi connectivity index (χ0v) is 11.3. The fraction of sp³-hybridized carbons (Fsp3) is 1.00. The summed E-state index contributed by atoms with van der Waals surface area (Å²) in [6.45, 7) is 13.7. The molecule has 1 unspecified atom stereocenters. The molecular formula is C12H27NS. The molecule has 86 valence electrons. The molecule has 1 nitrogen and oxygen atoms in total. The number of hydrogen-bond acceptors (Lipinski definition) is 2. The lowest BCUT2D eigenvalue weighted by atomic mass is 9.79. The van der Waals surface area contributed by atoms with Crippen LogP contribution in [0.25, 0.3) is 0 Å². The van der Waals surface area contributed by atoms with Crippen LogP contribution in [-0.2, 0) is 0 Å². The molecule has 0 rings (SSSR count). The molecule has 0 saturated heterocycles. The molecule has 0 radical (unpaired) electrons. The van der Waals surface area contributed by atoms with Crippen LogP contribution in [0.1, 0.15) is 41.0 Å². The van der Waals surface area contributed by atoms with Gasteiger partial charge in [-0.3, -0.25) is 0 Å². The van der Waals surface area contributed by atoms with E-state index in [1.807, 2.05) is 0 Å². The number of nitrogens with one attached hydrogen (secondary N) is 1. The number of rotatable bonds is 7. The fourth-order valence-corrected chi connectivity index (χ4v) is 2.27. The molecule has 0 saturated carbocycles. The summed E-state index contributed by atoms with van der Waals surface area (Å²) in [4.78, 5) is 0. The molecule has 14 heavy (non-hydrogen) atoms. The van der Waals surface area contributed by atoms with Gasteiger partial charge in [0.25, 0.3) is 0 Å². The van der Waals surface area contributed by atoms with Gasteiger partial charge in [-0.25, -0.2) is 0 Å². The molecule has 2 heteroatoms. The minimum atomic E-state index is 0.441. The van der Waals surface area contributed by atoms with Crippen molar-refractivity contribution in [1.82, 2.24) is 5.32 Å². The first-order chi connectivity index (χ1) is 6.52. The Morgan fingerprint density at radius 3 is 2.29 bits per heavy atom. The highest BCUT2D eigenvalue weighted by Crippen LogP contribution is 2.29. The minimum Gasteiger partial charge on any atom is -0.317 e. The topological polar surface area (TPSA) is 12.0 Å². The van der Waals surface area contributed by atoms with Crippen LogP contribution >= 0.6 is 11.8 Å². The molecule has 1 N–H and O–H groups in total. The standard InChI is InChI=1S/C12H27NS/c1-6-13-10-11(12(3,4)5)8-9-14-7-2/h11,13H,6-10H2,1-5H3. The maximum atomic E-state index is 3.47. The summed E-state index contributed by atoms with van der Waals surface area (Å²) in [5.41, 5.74) is 0.441. The average molecular weight is 217 g/mol. The number of hydrogen-bond donors (Lipinski definition) is 1. The SMILES string of the molecule is CCNCC(CCSCC)C(C)(C)C. The fourth-order valence-electron chi connectivity index (χ4n) is 1.53. The smallest absolute Gasteiger partial charge is 0.00153 e. The van der Waals surface area contributed by atoms with Crippen molar-refractivity contribution in [2.75, 3.05) is 24.6 Å². The third-order valence-electron chi connectivity index (χ3n) is 2.68. The van der Waals surface area contributed by atoms with Crippen LogP contribution in [0.4, 0.5) is 0 Å². The van der Waals surface area contributed by atoms with Crippen molar-refractivity contribution in [3.05, 3.63) is 0 Å². The summed E-state index contributed by atoms with van der Waals surface area (Å²) in [6.07, 6.45) is 1.34. The van der Waals surface area contributed by atoms with E-state index < -0.39 is 0 Å². The predicted octanol–water partition coefficient (Wildman–Crippen LogP) is 3.40.